The molecule has 5 heteroatoms. The predicted molar refractivity (Wildman–Crippen MR) is 102 cm³/mol. The third-order valence-electron chi connectivity index (χ3n) is 4.26. The van der Waals surface area contributed by atoms with Crippen LogP contribution in [0.5, 0.6) is 0 Å². The lowest BCUT2D eigenvalue weighted by molar-refractivity contribution is 0.478. The van der Waals surface area contributed by atoms with Gasteiger partial charge in [-0.2, -0.15) is 8.42 Å². The molecule has 0 aromatic heterocycles. The molecule has 0 spiro atoms. The minimum atomic E-state index is -3.74. The molecule has 0 amide bonds. The van der Waals surface area contributed by atoms with Crippen LogP contribution in [-0.2, 0) is 10.1 Å². The summed E-state index contributed by atoms with van der Waals surface area (Å²) in [5.41, 5.74) is 0. The fraction of sp³-hybridized carbons (Fsp3) is 1.00. The predicted octanol–water partition coefficient (Wildman–Crippen LogP) is 5.75. The highest BCUT2D eigenvalue weighted by Crippen LogP contribution is 2.13. The average molecular weight is 359 g/mol. The minimum Gasteiger partial charge on any atom is -0.286 e. The van der Waals surface area contributed by atoms with Gasteiger partial charge in [0.1, 0.15) is 0 Å². The van der Waals surface area contributed by atoms with Crippen LogP contribution in [0.4, 0.5) is 0 Å². The van der Waals surface area contributed by atoms with Crippen molar-refractivity contribution in [3.63, 3.8) is 0 Å². The zero-order valence-corrected chi connectivity index (χ0v) is 17.6. The van der Waals surface area contributed by atoms with Crippen molar-refractivity contribution in [2.24, 2.45) is 0 Å². The van der Waals surface area contributed by atoms with Gasteiger partial charge < -0.3 is 0 Å². The van der Waals surface area contributed by atoms with Crippen LogP contribution in [0.1, 0.15) is 110 Å². The van der Waals surface area contributed by atoms with E-state index in [9.17, 15) is 8.42 Å². The van der Waals surface area contributed by atoms with Gasteiger partial charge in [0.25, 0.3) is 10.1 Å². The van der Waals surface area contributed by atoms with Gasteiger partial charge in [-0.25, -0.2) is 0 Å². The fourth-order valence-corrected chi connectivity index (χ4v) is 3.40. The molecule has 0 unspecified atom stereocenters. The van der Waals surface area contributed by atoms with E-state index in [4.69, 9.17) is 4.55 Å². The van der Waals surface area contributed by atoms with Crippen LogP contribution in [0.25, 0.3) is 0 Å². The zero-order valence-electron chi connectivity index (χ0n) is 15.4. The Morgan fingerprint density at radius 1 is 0.565 bits per heavy atom. The zero-order chi connectivity index (χ0) is 16.5. The summed E-state index contributed by atoms with van der Waals surface area (Å²) in [6.45, 7) is 2.26. The molecule has 0 aliphatic heterocycles. The molecule has 136 valence electrons. The Morgan fingerprint density at radius 2 is 0.826 bits per heavy atom. The van der Waals surface area contributed by atoms with E-state index >= 15 is 0 Å². The van der Waals surface area contributed by atoms with Gasteiger partial charge in [0, 0.05) is 23.1 Å². The molecule has 0 aromatic carbocycles. The summed E-state index contributed by atoms with van der Waals surface area (Å²) >= 11 is 0. The van der Waals surface area contributed by atoms with Gasteiger partial charge in [-0.05, 0) is 6.42 Å². The maximum atomic E-state index is 10.5. The highest BCUT2D eigenvalue weighted by Gasteiger charge is 2.02. The topological polar surface area (TPSA) is 54.4 Å². The van der Waals surface area contributed by atoms with E-state index in [1.54, 1.807) is 0 Å². The Morgan fingerprint density at radius 3 is 1.09 bits per heavy atom. The molecule has 2 radical (unpaired) electrons. The fourth-order valence-electron chi connectivity index (χ4n) is 2.83. The Labute approximate surface area is 161 Å². The maximum Gasteiger partial charge on any atom is 0.264 e. The van der Waals surface area contributed by atoms with Crippen LogP contribution in [-0.4, -0.2) is 41.8 Å². The molecular formula is C18H38MgO3S. The maximum absolute atomic E-state index is 10.5. The standard InChI is InChI=1S/C18H38O3S.Mg/c1-2-3-4-5-6-7-8-9-10-11-12-13-14-15-16-17-18-22(19,20)21;/h2-18H2,1H3,(H,19,20,21);. The second kappa shape index (κ2) is 19.0. The van der Waals surface area contributed by atoms with Gasteiger partial charge in [-0.3, -0.25) is 4.55 Å². The van der Waals surface area contributed by atoms with Gasteiger partial charge in [0.15, 0.2) is 0 Å². The summed E-state index contributed by atoms with van der Waals surface area (Å²) in [5, 5.41) is 0. The van der Waals surface area contributed by atoms with E-state index in [1.807, 2.05) is 0 Å². The third-order valence-corrected chi connectivity index (χ3v) is 5.06. The molecule has 0 aromatic rings. The molecular weight excluding hydrogens is 321 g/mol. The Hall–Kier alpha value is 0.676. The lowest BCUT2D eigenvalue weighted by Gasteiger charge is -2.03. The van der Waals surface area contributed by atoms with Crippen molar-refractivity contribution >= 4 is 33.2 Å². The Bertz CT molecular complexity index is 318. The highest BCUT2D eigenvalue weighted by atomic mass is 32.2. The third kappa shape index (κ3) is 25.0. The van der Waals surface area contributed by atoms with Gasteiger partial charge in [0.2, 0.25) is 0 Å². The quantitative estimate of drug-likeness (QED) is 0.204. The van der Waals surface area contributed by atoms with Crippen LogP contribution in [0.2, 0.25) is 0 Å². The molecule has 0 heterocycles. The first-order chi connectivity index (χ1) is 10.6. The number of hydrogen-bond acceptors (Lipinski definition) is 2. The van der Waals surface area contributed by atoms with Crippen LogP contribution in [0.3, 0.4) is 0 Å². The van der Waals surface area contributed by atoms with Gasteiger partial charge in [-0.1, -0.05) is 103 Å². The second-order valence-corrected chi connectivity index (χ2v) is 8.16. The Kier molecular flexibility index (Phi) is 21.4. The molecule has 0 aliphatic carbocycles. The van der Waals surface area contributed by atoms with Crippen LogP contribution in [0, 0.1) is 0 Å². The first kappa shape index (κ1) is 25.9. The average Bonchev–Trinajstić information content (AvgIpc) is 2.45. The molecule has 0 fully saturated rings. The molecule has 0 saturated heterocycles. The van der Waals surface area contributed by atoms with E-state index in [1.165, 1.54) is 83.5 Å². The van der Waals surface area contributed by atoms with Gasteiger partial charge in [-0.15, -0.1) is 0 Å². The van der Waals surface area contributed by atoms with Crippen molar-refractivity contribution in [2.75, 3.05) is 5.75 Å². The number of rotatable bonds is 17. The van der Waals surface area contributed by atoms with E-state index < -0.39 is 10.1 Å². The summed E-state index contributed by atoms with van der Waals surface area (Å²) in [6, 6.07) is 0. The molecule has 0 bridgehead atoms. The lowest BCUT2D eigenvalue weighted by Crippen LogP contribution is -2.03. The largest absolute Gasteiger partial charge is 0.286 e. The molecule has 1 N–H and O–H groups in total. The first-order valence-electron chi connectivity index (χ1n) is 9.51. The highest BCUT2D eigenvalue weighted by molar-refractivity contribution is 7.85. The summed E-state index contributed by atoms with van der Waals surface area (Å²) in [4.78, 5) is 0. The molecule has 0 rings (SSSR count). The first-order valence-corrected chi connectivity index (χ1v) is 11.1. The summed E-state index contributed by atoms with van der Waals surface area (Å²) < 4.78 is 29.7. The second-order valence-electron chi connectivity index (χ2n) is 6.59. The minimum absolute atomic E-state index is 0. The van der Waals surface area contributed by atoms with Crippen LogP contribution in [0.15, 0.2) is 0 Å². The monoisotopic (exact) mass is 358 g/mol. The van der Waals surface area contributed by atoms with Crippen molar-refractivity contribution < 1.29 is 13.0 Å². The number of unbranched alkanes of at least 4 members (excludes halogenated alkanes) is 15. The molecule has 0 aliphatic rings. The van der Waals surface area contributed by atoms with Crippen LogP contribution < -0.4 is 0 Å². The van der Waals surface area contributed by atoms with E-state index in [0.717, 1.165) is 12.8 Å². The van der Waals surface area contributed by atoms with Gasteiger partial charge >= 0.3 is 0 Å². The summed E-state index contributed by atoms with van der Waals surface area (Å²) in [7, 11) is -3.74. The summed E-state index contributed by atoms with van der Waals surface area (Å²) in [6.07, 6.45) is 20.3. The van der Waals surface area contributed by atoms with Crippen LogP contribution >= 0.6 is 0 Å². The SMILES string of the molecule is CCCCCCCCCCCCCCCCCCS(=O)(=O)O.[Mg]. The number of hydrogen-bond donors (Lipinski definition) is 1. The van der Waals surface area contributed by atoms with E-state index in [-0.39, 0.29) is 28.8 Å². The van der Waals surface area contributed by atoms with E-state index in [2.05, 4.69) is 6.92 Å². The Balaban J connectivity index is 0. The lowest BCUT2D eigenvalue weighted by atomic mass is 10.0. The molecule has 23 heavy (non-hydrogen) atoms. The normalized spacial score (nSPS) is 11.4. The van der Waals surface area contributed by atoms with Crippen molar-refractivity contribution in [3.05, 3.63) is 0 Å². The van der Waals surface area contributed by atoms with Gasteiger partial charge in [0.05, 0.1) is 5.75 Å². The smallest absolute Gasteiger partial charge is 0.264 e. The van der Waals surface area contributed by atoms with Crippen molar-refractivity contribution in [1.29, 1.82) is 0 Å². The van der Waals surface area contributed by atoms with E-state index in [0.29, 0.717) is 6.42 Å². The summed E-state index contributed by atoms with van der Waals surface area (Å²) in [5.74, 6) is -0.0779. The molecule has 0 saturated carbocycles. The molecule has 3 nitrogen and oxygen atoms in total. The molecule has 0 atom stereocenters. The van der Waals surface area contributed by atoms with Crippen molar-refractivity contribution in [2.45, 2.75) is 110 Å². The van der Waals surface area contributed by atoms with Crippen molar-refractivity contribution in [3.8, 4) is 0 Å². The van der Waals surface area contributed by atoms with Crippen molar-refractivity contribution in [1.82, 2.24) is 0 Å².